The highest BCUT2D eigenvalue weighted by Gasteiger charge is 2.11. The number of unbranched alkanes of at least 4 members (excludes halogenated alkanes) is 12. The Morgan fingerprint density at radius 3 is 1.33 bits per heavy atom. The summed E-state index contributed by atoms with van der Waals surface area (Å²) < 4.78 is 0. The van der Waals surface area contributed by atoms with E-state index in [0.29, 0.717) is 26.1 Å². The molecule has 0 aliphatic carbocycles. The first kappa shape index (κ1) is 34.0. The zero-order chi connectivity index (χ0) is 25.2. The first-order valence-corrected chi connectivity index (χ1v) is 12.9. The van der Waals surface area contributed by atoms with Crippen LogP contribution < -0.4 is 0 Å². The Hall–Kier alpha value is -1.22. The van der Waals surface area contributed by atoms with Crippen LogP contribution >= 0.6 is 0 Å². The van der Waals surface area contributed by atoms with Gasteiger partial charge in [-0.25, -0.2) is 0 Å². The summed E-state index contributed by atoms with van der Waals surface area (Å²) in [4.78, 5) is 25.2. The molecular formula is C25H52N2O6. The second-order valence-corrected chi connectivity index (χ2v) is 8.65. The Balaban J connectivity index is 0. The van der Waals surface area contributed by atoms with Crippen LogP contribution in [0.1, 0.15) is 96.8 Å². The number of likely N-dealkylation sites (N-methyl/N-ethyl adjacent to an activating group) is 1. The Kier molecular flexibility index (Phi) is 27.8. The van der Waals surface area contributed by atoms with E-state index >= 15 is 0 Å². The van der Waals surface area contributed by atoms with Crippen LogP contribution in [-0.4, -0.2) is 95.1 Å². The number of aliphatic hydroxyl groups excluding tert-OH is 3. The van der Waals surface area contributed by atoms with Crippen LogP contribution in [0.3, 0.4) is 0 Å². The zero-order valence-electron chi connectivity index (χ0n) is 21.3. The monoisotopic (exact) mass is 476 g/mol. The molecule has 0 atom stereocenters. The van der Waals surface area contributed by atoms with Crippen LogP contribution in [0, 0.1) is 0 Å². The van der Waals surface area contributed by atoms with Gasteiger partial charge in [-0.15, -0.1) is 0 Å². The molecule has 0 aromatic rings. The van der Waals surface area contributed by atoms with Crippen molar-refractivity contribution >= 4 is 11.9 Å². The Morgan fingerprint density at radius 2 is 1.00 bits per heavy atom. The first-order chi connectivity index (χ1) is 15.9. The zero-order valence-corrected chi connectivity index (χ0v) is 21.3. The summed E-state index contributed by atoms with van der Waals surface area (Å²) in [6.07, 6.45) is 17.2. The number of hydrogen-bond acceptors (Lipinski definition) is 6. The Morgan fingerprint density at radius 1 is 0.636 bits per heavy atom. The Bertz CT molecular complexity index is 423. The molecular weight excluding hydrogens is 424 g/mol. The fourth-order valence-electron chi connectivity index (χ4n) is 3.54. The van der Waals surface area contributed by atoms with Crippen LogP contribution in [0.2, 0.25) is 0 Å². The van der Waals surface area contributed by atoms with Crippen molar-refractivity contribution in [3.8, 4) is 0 Å². The van der Waals surface area contributed by atoms with E-state index in [9.17, 15) is 9.59 Å². The molecule has 1 amide bonds. The molecule has 0 aromatic carbocycles. The van der Waals surface area contributed by atoms with Crippen molar-refractivity contribution in [1.82, 2.24) is 9.80 Å². The maximum Gasteiger partial charge on any atom is 0.323 e. The number of nitrogens with zero attached hydrogens (tertiary/aromatic N) is 2. The van der Waals surface area contributed by atoms with E-state index in [0.717, 1.165) is 12.8 Å². The largest absolute Gasteiger partial charge is 0.480 e. The summed E-state index contributed by atoms with van der Waals surface area (Å²) in [7, 11) is 1.55. The number of rotatable bonds is 22. The fraction of sp³-hybridized carbons (Fsp3) is 0.920. The lowest BCUT2D eigenvalue weighted by Crippen LogP contribution is -2.32. The predicted octanol–water partition coefficient (Wildman–Crippen LogP) is 3.28. The molecule has 4 N–H and O–H groups in total. The normalized spacial score (nSPS) is 10.7. The fourth-order valence-corrected chi connectivity index (χ4v) is 3.54. The summed E-state index contributed by atoms with van der Waals surface area (Å²) >= 11 is 0. The SMILES string of the molecule is CCCCCCCCCCCCCCCC(=O)N(C)CC(=O)O.OCCN(CCO)CCO. The highest BCUT2D eigenvalue weighted by Crippen LogP contribution is 2.13. The van der Waals surface area contributed by atoms with Gasteiger partial charge in [0, 0.05) is 33.1 Å². The third-order valence-corrected chi connectivity index (χ3v) is 5.54. The van der Waals surface area contributed by atoms with E-state index in [1.807, 2.05) is 0 Å². The Labute approximate surface area is 202 Å². The van der Waals surface area contributed by atoms with Crippen LogP contribution in [0.4, 0.5) is 0 Å². The molecule has 0 heterocycles. The standard InChI is InChI=1S/C19H37NO3.C6H15NO3/c1-3-4-5-6-7-8-9-10-11-12-13-14-15-16-18(21)20(2)17-19(22)23;8-4-1-7(2-5-9)3-6-10/h3-17H2,1-2H3,(H,22,23);8-10H,1-6H2. The lowest BCUT2D eigenvalue weighted by atomic mass is 10.0. The molecule has 0 fully saturated rings. The number of aliphatic carboxylic acids is 1. The van der Waals surface area contributed by atoms with Crippen molar-refractivity contribution in [2.45, 2.75) is 96.8 Å². The number of carbonyl (C=O) groups excluding carboxylic acids is 1. The van der Waals surface area contributed by atoms with E-state index in [-0.39, 0.29) is 32.3 Å². The van der Waals surface area contributed by atoms with Crippen LogP contribution in [-0.2, 0) is 9.59 Å². The predicted molar refractivity (Wildman–Crippen MR) is 133 cm³/mol. The second-order valence-electron chi connectivity index (χ2n) is 8.65. The maximum atomic E-state index is 11.6. The lowest BCUT2D eigenvalue weighted by Gasteiger charge is -2.17. The van der Waals surface area contributed by atoms with Crippen molar-refractivity contribution in [1.29, 1.82) is 0 Å². The van der Waals surface area contributed by atoms with Gasteiger partial charge in [-0.1, -0.05) is 84.0 Å². The summed E-state index contributed by atoms with van der Waals surface area (Å²) in [6, 6.07) is 0. The third kappa shape index (κ3) is 26.9. The molecule has 0 aliphatic heterocycles. The summed E-state index contributed by atoms with van der Waals surface area (Å²) in [5.41, 5.74) is 0. The van der Waals surface area contributed by atoms with Gasteiger partial charge in [0.25, 0.3) is 0 Å². The minimum absolute atomic E-state index is 0.0597. The molecule has 0 saturated carbocycles. The molecule has 0 bridgehead atoms. The quantitative estimate of drug-likeness (QED) is 0.177. The minimum Gasteiger partial charge on any atom is -0.480 e. The molecule has 33 heavy (non-hydrogen) atoms. The van der Waals surface area contributed by atoms with E-state index in [1.165, 1.54) is 75.5 Å². The topological polar surface area (TPSA) is 122 Å². The van der Waals surface area contributed by atoms with Gasteiger partial charge in [-0.05, 0) is 6.42 Å². The van der Waals surface area contributed by atoms with E-state index in [2.05, 4.69) is 6.92 Å². The highest BCUT2D eigenvalue weighted by atomic mass is 16.4. The van der Waals surface area contributed by atoms with Crippen molar-refractivity contribution in [2.24, 2.45) is 0 Å². The van der Waals surface area contributed by atoms with Crippen LogP contribution in [0.25, 0.3) is 0 Å². The van der Waals surface area contributed by atoms with E-state index in [1.54, 1.807) is 11.9 Å². The van der Waals surface area contributed by atoms with Crippen molar-refractivity contribution in [3.05, 3.63) is 0 Å². The van der Waals surface area contributed by atoms with Gasteiger partial charge in [0.2, 0.25) is 5.91 Å². The molecule has 0 saturated heterocycles. The van der Waals surface area contributed by atoms with Gasteiger partial charge in [-0.2, -0.15) is 0 Å². The van der Waals surface area contributed by atoms with Gasteiger partial charge < -0.3 is 25.3 Å². The lowest BCUT2D eigenvalue weighted by molar-refractivity contribution is -0.143. The van der Waals surface area contributed by atoms with Crippen molar-refractivity contribution in [3.63, 3.8) is 0 Å². The molecule has 0 spiro atoms. The van der Waals surface area contributed by atoms with Gasteiger partial charge in [0.15, 0.2) is 0 Å². The van der Waals surface area contributed by atoms with Gasteiger partial charge in [-0.3, -0.25) is 14.5 Å². The number of carboxylic acids is 1. The molecule has 0 aliphatic rings. The minimum atomic E-state index is -0.953. The summed E-state index contributed by atoms with van der Waals surface area (Å²) in [5, 5.41) is 34.1. The van der Waals surface area contributed by atoms with Gasteiger partial charge in [0.05, 0.1) is 19.8 Å². The van der Waals surface area contributed by atoms with E-state index < -0.39 is 5.97 Å². The average Bonchev–Trinajstić information content (AvgIpc) is 2.77. The third-order valence-electron chi connectivity index (χ3n) is 5.54. The number of aliphatic hydroxyl groups is 3. The first-order valence-electron chi connectivity index (χ1n) is 12.9. The number of hydrogen-bond donors (Lipinski definition) is 4. The smallest absolute Gasteiger partial charge is 0.323 e. The maximum absolute atomic E-state index is 11.6. The summed E-state index contributed by atoms with van der Waals surface area (Å²) in [5.74, 6) is -1.01. The second kappa shape index (κ2) is 27.0. The van der Waals surface area contributed by atoms with Gasteiger partial charge in [0.1, 0.15) is 6.54 Å². The molecule has 8 heteroatoms. The number of amides is 1. The van der Waals surface area contributed by atoms with Crippen molar-refractivity contribution in [2.75, 3.05) is 53.0 Å². The van der Waals surface area contributed by atoms with Crippen LogP contribution in [0.5, 0.6) is 0 Å². The van der Waals surface area contributed by atoms with Crippen LogP contribution in [0.15, 0.2) is 0 Å². The average molecular weight is 477 g/mol. The molecule has 198 valence electrons. The number of carboxylic acid groups (broad SMARTS) is 1. The molecule has 8 nitrogen and oxygen atoms in total. The summed E-state index contributed by atoms with van der Waals surface area (Å²) in [6.45, 7) is 3.81. The molecule has 0 rings (SSSR count). The molecule has 0 unspecified atom stereocenters. The van der Waals surface area contributed by atoms with Crippen molar-refractivity contribution < 1.29 is 30.0 Å². The van der Waals surface area contributed by atoms with E-state index in [4.69, 9.17) is 20.4 Å². The molecule has 0 radical (unpaired) electrons. The number of carbonyl (C=O) groups is 2. The van der Waals surface area contributed by atoms with Gasteiger partial charge >= 0.3 is 5.97 Å². The molecule has 0 aromatic heterocycles. The highest BCUT2D eigenvalue weighted by molar-refractivity contribution is 5.80.